The minimum absolute atomic E-state index is 0.00927. The van der Waals surface area contributed by atoms with E-state index in [1.807, 2.05) is 6.07 Å². The van der Waals surface area contributed by atoms with Gasteiger partial charge in [0, 0.05) is 5.41 Å². The first-order valence-electron chi connectivity index (χ1n) is 4.35. The summed E-state index contributed by atoms with van der Waals surface area (Å²) in [5.74, 6) is 0. The molecule has 5 heteroatoms. The van der Waals surface area contributed by atoms with Crippen molar-refractivity contribution in [2.24, 2.45) is 0 Å². The highest BCUT2D eigenvalue weighted by Crippen LogP contribution is 2.23. The topological polar surface area (TPSA) is 43.1 Å². The molecule has 0 bridgehead atoms. The van der Waals surface area contributed by atoms with Crippen molar-refractivity contribution in [2.75, 3.05) is 0 Å². The predicted molar refractivity (Wildman–Crippen MR) is 54.5 cm³/mol. The second-order valence-electron chi connectivity index (χ2n) is 4.23. The fraction of sp³-hybridized carbons (Fsp3) is 0.444. The van der Waals surface area contributed by atoms with Crippen molar-refractivity contribution in [2.45, 2.75) is 26.2 Å². The smallest absolute Gasteiger partial charge is 0.177 e. The van der Waals surface area contributed by atoms with Gasteiger partial charge in [-0.05, 0) is 6.07 Å². The average molecular weight is 211 g/mol. The van der Waals surface area contributed by atoms with Crippen LogP contribution in [-0.4, -0.2) is 19.8 Å². The lowest BCUT2D eigenvalue weighted by atomic mass is 9.92. The Balaban J connectivity index is 2.69. The number of aromatic nitrogens is 4. The number of halogens is 1. The van der Waals surface area contributed by atoms with Crippen LogP contribution in [0.2, 0.25) is 5.15 Å². The Kier molecular flexibility index (Phi) is 1.96. The predicted octanol–water partition coefficient (Wildman–Crippen LogP) is 2.08. The Bertz CT molecular complexity index is 469. The zero-order chi connectivity index (χ0) is 10.3. The summed E-state index contributed by atoms with van der Waals surface area (Å²) in [4.78, 5) is 0. The van der Waals surface area contributed by atoms with Crippen molar-refractivity contribution in [1.82, 2.24) is 19.8 Å². The molecule has 0 aliphatic carbocycles. The third-order valence-electron chi connectivity index (χ3n) is 2.02. The van der Waals surface area contributed by atoms with Gasteiger partial charge in [-0.25, -0.2) is 4.52 Å². The number of fused-ring (bicyclic) bond motifs is 1. The summed E-state index contributed by atoms with van der Waals surface area (Å²) in [6.07, 6.45) is 1.55. The standard InChI is InChI=1S/C9H11ClN4/c1-9(2,3)7-4-6-8(10)12-11-5-14(6)13-7/h4-5H,1-3H3. The molecule has 0 N–H and O–H groups in total. The molecular weight excluding hydrogens is 200 g/mol. The van der Waals surface area contributed by atoms with E-state index in [2.05, 4.69) is 36.1 Å². The van der Waals surface area contributed by atoms with Gasteiger partial charge in [-0.3, -0.25) is 0 Å². The van der Waals surface area contributed by atoms with Gasteiger partial charge in [0.1, 0.15) is 11.8 Å². The molecule has 2 aromatic rings. The zero-order valence-electron chi connectivity index (χ0n) is 8.32. The maximum Gasteiger partial charge on any atom is 0.177 e. The summed E-state index contributed by atoms with van der Waals surface area (Å²) < 4.78 is 1.65. The van der Waals surface area contributed by atoms with Crippen molar-refractivity contribution >= 4 is 17.1 Å². The van der Waals surface area contributed by atoms with Gasteiger partial charge in [0.25, 0.3) is 0 Å². The van der Waals surface area contributed by atoms with E-state index in [1.165, 1.54) is 0 Å². The van der Waals surface area contributed by atoms with E-state index in [1.54, 1.807) is 10.8 Å². The molecule has 2 aromatic heterocycles. The Morgan fingerprint density at radius 3 is 2.64 bits per heavy atom. The van der Waals surface area contributed by atoms with E-state index < -0.39 is 0 Å². The van der Waals surface area contributed by atoms with Crippen LogP contribution < -0.4 is 0 Å². The molecular formula is C9H11ClN4. The van der Waals surface area contributed by atoms with Crippen molar-refractivity contribution in [3.8, 4) is 0 Å². The lowest BCUT2D eigenvalue weighted by Crippen LogP contribution is -2.11. The van der Waals surface area contributed by atoms with Gasteiger partial charge in [0.05, 0.1) is 5.69 Å². The Morgan fingerprint density at radius 1 is 1.36 bits per heavy atom. The normalized spacial score (nSPS) is 12.3. The van der Waals surface area contributed by atoms with Gasteiger partial charge in [0.2, 0.25) is 0 Å². The molecule has 0 aliphatic rings. The van der Waals surface area contributed by atoms with Crippen LogP contribution in [0.3, 0.4) is 0 Å². The average Bonchev–Trinajstić information content (AvgIpc) is 2.48. The third-order valence-corrected chi connectivity index (χ3v) is 2.29. The fourth-order valence-corrected chi connectivity index (χ4v) is 1.36. The van der Waals surface area contributed by atoms with Crippen molar-refractivity contribution in [1.29, 1.82) is 0 Å². The molecule has 2 rings (SSSR count). The van der Waals surface area contributed by atoms with Gasteiger partial charge in [-0.2, -0.15) is 5.10 Å². The quantitative estimate of drug-likeness (QED) is 0.669. The SMILES string of the molecule is CC(C)(C)c1cc2c(Cl)nncn2n1. The highest BCUT2D eigenvalue weighted by molar-refractivity contribution is 6.32. The van der Waals surface area contributed by atoms with Crippen molar-refractivity contribution < 1.29 is 0 Å². The first kappa shape index (κ1) is 9.40. The second kappa shape index (κ2) is 2.92. The van der Waals surface area contributed by atoms with Gasteiger partial charge in [-0.15, -0.1) is 10.2 Å². The molecule has 0 saturated carbocycles. The largest absolute Gasteiger partial charge is 0.217 e. The molecule has 74 valence electrons. The van der Waals surface area contributed by atoms with E-state index in [9.17, 15) is 0 Å². The third kappa shape index (κ3) is 1.46. The van der Waals surface area contributed by atoms with E-state index in [0.717, 1.165) is 11.2 Å². The van der Waals surface area contributed by atoms with E-state index in [-0.39, 0.29) is 5.41 Å². The van der Waals surface area contributed by atoms with Crippen LogP contribution in [-0.2, 0) is 5.41 Å². The highest BCUT2D eigenvalue weighted by atomic mass is 35.5. The molecule has 0 fully saturated rings. The summed E-state index contributed by atoms with van der Waals surface area (Å²) in [6, 6.07) is 1.94. The number of hydrogen-bond donors (Lipinski definition) is 0. The maximum atomic E-state index is 5.89. The molecule has 0 spiro atoms. The lowest BCUT2D eigenvalue weighted by Gasteiger charge is -2.13. The molecule has 0 radical (unpaired) electrons. The zero-order valence-corrected chi connectivity index (χ0v) is 9.08. The molecule has 0 aromatic carbocycles. The van der Waals surface area contributed by atoms with E-state index in [0.29, 0.717) is 5.15 Å². The summed E-state index contributed by atoms with van der Waals surface area (Å²) in [5.41, 5.74) is 1.79. The van der Waals surface area contributed by atoms with Crippen LogP contribution in [0.1, 0.15) is 26.5 Å². The lowest BCUT2D eigenvalue weighted by molar-refractivity contribution is 0.562. The first-order valence-corrected chi connectivity index (χ1v) is 4.73. The summed E-state index contributed by atoms with van der Waals surface area (Å²) in [6.45, 7) is 6.30. The fourth-order valence-electron chi connectivity index (χ4n) is 1.18. The van der Waals surface area contributed by atoms with Crippen LogP contribution in [0.25, 0.3) is 5.52 Å². The minimum atomic E-state index is 0.00927. The molecule has 14 heavy (non-hydrogen) atoms. The maximum absolute atomic E-state index is 5.89. The number of hydrogen-bond acceptors (Lipinski definition) is 3. The molecule has 2 heterocycles. The Labute approximate surface area is 86.9 Å². The minimum Gasteiger partial charge on any atom is -0.217 e. The van der Waals surface area contributed by atoms with Crippen LogP contribution in [0.4, 0.5) is 0 Å². The van der Waals surface area contributed by atoms with Gasteiger partial charge in [0.15, 0.2) is 5.15 Å². The number of rotatable bonds is 0. The van der Waals surface area contributed by atoms with E-state index >= 15 is 0 Å². The number of nitrogens with zero attached hydrogens (tertiary/aromatic N) is 4. The van der Waals surface area contributed by atoms with Crippen LogP contribution in [0.5, 0.6) is 0 Å². The molecule has 4 nitrogen and oxygen atoms in total. The second-order valence-corrected chi connectivity index (χ2v) is 4.59. The first-order chi connectivity index (χ1) is 6.48. The molecule has 0 atom stereocenters. The molecule has 0 aliphatic heterocycles. The van der Waals surface area contributed by atoms with Gasteiger partial charge >= 0.3 is 0 Å². The highest BCUT2D eigenvalue weighted by Gasteiger charge is 2.18. The monoisotopic (exact) mass is 210 g/mol. The van der Waals surface area contributed by atoms with Crippen molar-refractivity contribution in [3.05, 3.63) is 23.2 Å². The molecule has 0 saturated heterocycles. The summed E-state index contributed by atoms with van der Waals surface area (Å²) in [7, 11) is 0. The summed E-state index contributed by atoms with van der Waals surface area (Å²) >= 11 is 5.89. The van der Waals surface area contributed by atoms with Crippen LogP contribution in [0.15, 0.2) is 12.4 Å². The van der Waals surface area contributed by atoms with Gasteiger partial charge < -0.3 is 0 Å². The Hall–Kier alpha value is -1.16. The van der Waals surface area contributed by atoms with Crippen LogP contribution >= 0.6 is 11.6 Å². The molecule has 0 unspecified atom stereocenters. The van der Waals surface area contributed by atoms with Crippen LogP contribution in [0, 0.1) is 0 Å². The van der Waals surface area contributed by atoms with Gasteiger partial charge in [-0.1, -0.05) is 32.4 Å². The Morgan fingerprint density at radius 2 is 2.07 bits per heavy atom. The summed E-state index contributed by atoms with van der Waals surface area (Å²) in [5, 5.41) is 12.2. The van der Waals surface area contributed by atoms with E-state index in [4.69, 9.17) is 11.6 Å². The molecule has 0 amide bonds. The van der Waals surface area contributed by atoms with Crippen molar-refractivity contribution in [3.63, 3.8) is 0 Å².